The zero-order chi connectivity index (χ0) is 15.7. The van der Waals surface area contributed by atoms with E-state index in [-0.39, 0.29) is 0 Å². The maximum atomic E-state index is 11.9. The fourth-order valence-corrected chi connectivity index (χ4v) is 2.10. The number of benzene rings is 1. The van der Waals surface area contributed by atoms with Gasteiger partial charge >= 0.3 is 0 Å². The Bertz CT molecular complexity index is 645. The van der Waals surface area contributed by atoms with Crippen molar-refractivity contribution in [3.8, 4) is 5.75 Å². The second-order valence-electron chi connectivity index (χ2n) is 4.52. The van der Waals surface area contributed by atoms with Crippen LogP contribution in [0, 0.1) is 0 Å². The van der Waals surface area contributed by atoms with Crippen LogP contribution in [0.5, 0.6) is 5.75 Å². The quantitative estimate of drug-likeness (QED) is 0.741. The van der Waals surface area contributed by atoms with Crippen LogP contribution in [0.4, 0.5) is 0 Å². The minimum Gasteiger partial charge on any atom is -0.451 e. The van der Waals surface area contributed by atoms with E-state index in [0.29, 0.717) is 5.75 Å². The number of carbonyl (C=O) groups excluding carboxylic acids is 4. The van der Waals surface area contributed by atoms with E-state index < -0.39 is 30.0 Å². The molecule has 0 atom stereocenters. The van der Waals surface area contributed by atoms with E-state index in [1.807, 2.05) is 0 Å². The van der Waals surface area contributed by atoms with Crippen molar-refractivity contribution in [2.75, 3.05) is 0 Å². The fourth-order valence-electron chi connectivity index (χ4n) is 2.10. The second kappa shape index (κ2) is 5.28. The molecule has 0 aromatic heterocycles. The summed E-state index contributed by atoms with van der Waals surface area (Å²) in [7, 11) is 0. The smallest absolute Gasteiger partial charge is 0.271 e. The standard InChI is InChI=1S/C15H10N2O5/c18-11-6-7-12(19)16(11)15(17-13(20)8-9-14(17)21)22-10-4-2-1-3-5-10/h1-9,15H. The zero-order valence-electron chi connectivity index (χ0n) is 11.2. The van der Waals surface area contributed by atoms with Gasteiger partial charge < -0.3 is 4.74 Å². The van der Waals surface area contributed by atoms with Gasteiger partial charge in [-0.3, -0.25) is 19.2 Å². The Balaban J connectivity index is 1.96. The average molecular weight is 298 g/mol. The molecule has 0 radical (unpaired) electrons. The van der Waals surface area contributed by atoms with E-state index in [2.05, 4.69) is 0 Å². The van der Waals surface area contributed by atoms with Gasteiger partial charge in [-0.2, -0.15) is 0 Å². The Morgan fingerprint density at radius 2 is 1.09 bits per heavy atom. The molecule has 1 aromatic rings. The number of amides is 4. The molecule has 110 valence electrons. The van der Waals surface area contributed by atoms with Gasteiger partial charge in [0.15, 0.2) is 0 Å². The van der Waals surface area contributed by atoms with Crippen LogP contribution in [0.1, 0.15) is 0 Å². The van der Waals surface area contributed by atoms with E-state index in [4.69, 9.17) is 4.74 Å². The summed E-state index contributed by atoms with van der Waals surface area (Å²) in [5.74, 6) is -2.30. The third-order valence-corrected chi connectivity index (χ3v) is 3.11. The van der Waals surface area contributed by atoms with Crippen LogP contribution in [0.15, 0.2) is 54.6 Å². The predicted molar refractivity (Wildman–Crippen MR) is 72.8 cm³/mol. The highest BCUT2D eigenvalue weighted by Gasteiger charge is 2.42. The molecule has 0 bridgehead atoms. The molecule has 3 rings (SSSR count). The van der Waals surface area contributed by atoms with E-state index >= 15 is 0 Å². The van der Waals surface area contributed by atoms with Gasteiger partial charge in [-0.25, -0.2) is 9.80 Å². The predicted octanol–water partition coefficient (Wildman–Crippen LogP) is 0.199. The van der Waals surface area contributed by atoms with Crippen molar-refractivity contribution in [2.45, 2.75) is 6.35 Å². The molecule has 2 heterocycles. The number of hydrogen-bond acceptors (Lipinski definition) is 5. The van der Waals surface area contributed by atoms with Crippen LogP contribution in [0.2, 0.25) is 0 Å². The van der Waals surface area contributed by atoms with E-state index in [0.717, 1.165) is 34.1 Å². The van der Waals surface area contributed by atoms with Crippen molar-refractivity contribution < 1.29 is 23.9 Å². The van der Waals surface area contributed by atoms with Crippen LogP contribution >= 0.6 is 0 Å². The number of para-hydroxylation sites is 1. The molecule has 0 saturated heterocycles. The van der Waals surface area contributed by atoms with Crippen molar-refractivity contribution in [1.29, 1.82) is 0 Å². The van der Waals surface area contributed by atoms with Crippen molar-refractivity contribution in [2.24, 2.45) is 0 Å². The van der Waals surface area contributed by atoms with Gasteiger partial charge in [0.1, 0.15) is 5.75 Å². The van der Waals surface area contributed by atoms with Crippen LogP contribution in [-0.4, -0.2) is 39.8 Å². The summed E-state index contributed by atoms with van der Waals surface area (Å²) in [5, 5.41) is 0. The first kappa shape index (κ1) is 13.7. The molecule has 2 aliphatic heterocycles. The lowest BCUT2D eigenvalue weighted by Gasteiger charge is -2.32. The van der Waals surface area contributed by atoms with Crippen LogP contribution in [-0.2, 0) is 19.2 Å². The molecule has 1 aromatic carbocycles. The first-order chi connectivity index (χ1) is 10.6. The lowest BCUT2D eigenvalue weighted by Crippen LogP contribution is -2.56. The molecule has 2 aliphatic rings. The average Bonchev–Trinajstić information content (AvgIpc) is 3.01. The van der Waals surface area contributed by atoms with Crippen molar-refractivity contribution in [1.82, 2.24) is 9.80 Å². The van der Waals surface area contributed by atoms with Gasteiger partial charge in [0, 0.05) is 24.3 Å². The topological polar surface area (TPSA) is 84.0 Å². The van der Waals surface area contributed by atoms with Gasteiger partial charge in [-0.1, -0.05) is 18.2 Å². The maximum absolute atomic E-state index is 11.9. The summed E-state index contributed by atoms with van der Waals surface area (Å²) < 4.78 is 5.55. The molecule has 0 aliphatic carbocycles. The fraction of sp³-hybridized carbons (Fsp3) is 0.0667. The van der Waals surface area contributed by atoms with Gasteiger partial charge in [0.05, 0.1) is 0 Å². The molecule has 7 heteroatoms. The number of imide groups is 2. The van der Waals surface area contributed by atoms with Crippen LogP contribution in [0.25, 0.3) is 0 Å². The highest BCUT2D eigenvalue weighted by atomic mass is 16.5. The highest BCUT2D eigenvalue weighted by Crippen LogP contribution is 2.21. The number of rotatable bonds is 4. The number of ether oxygens (including phenoxy) is 1. The Morgan fingerprint density at radius 3 is 1.50 bits per heavy atom. The Hall–Kier alpha value is -3.22. The van der Waals surface area contributed by atoms with Crippen molar-refractivity contribution in [3.63, 3.8) is 0 Å². The number of nitrogens with zero attached hydrogens (tertiary/aromatic N) is 2. The largest absolute Gasteiger partial charge is 0.451 e. The van der Waals surface area contributed by atoms with Gasteiger partial charge in [-0.05, 0) is 12.1 Å². The zero-order valence-corrected chi connectivity index (χ0v) is 11.2. The maximum Gasteiger partial charge on any atom is 0.271 e. The third-order valence-electron chi connectivity index (χ3n) is 3.11. The Kier molecular flexibility index (Phi) is 3.30. The Morgan fingerprint density at radius 1 is 0.682 bits per heavy atom. The number of carbonyl (C=O) groups is 4. The monoisotopic (exact) mass is 298 g/mol. The summed E-state index contributed by atoms with van der Waals surface area (Å²) in [4.78, 5) is 48.9. The SMILES string of the molecule is O=C1C=CC(=O)N1C(Oc1ccccc1)N1C(=O)C=CC1=O. The Labute approximate surface area is 125 Å². The highest BCUT2D eigenvalue weighted by molar-refractivity contribution is 6.16. The molecule has 0 N–H and O–H groups in total. The van der Waals surface area contributed by atoms with Crippen LogP contribution < -0.4 is 4.74 Å². The summed E-state index contributed by atoms with van der Waals surface area (Å²) in [6, 6.07) is 8.30. The molecular formula is C15H10N2O5. The third kappa shape index (κ3) is 2.28. The van der Waals surface area contributed by atoms with Crippen molar-refractivity contribution in [3.05, 3.63) is 54.6 Å². The molecule has 0 unspecified atom stereocenters. The number of hydrogen-bond donors (Lipinski definition) is 0. The molecule has 22 heavy (non-hydrogen) atoms. The van der Waals surface area contributed by atoms with E-state index in [1.54, 1.807) is 30.3 Å². The van der Waals surface area contributed by atoms with Crippen molar-refractivity contribution >= 4 is 23.6 Å². The molecule has 0 spiro atoms. The lowest BCUT2D eigenvalue weighted by molar-refractivity contribution is -0.167. The molecule has 4 amide bonds. The minimum absolute atomic E-state index is 0.313. The van der Waals surface area contributed by atoms with Crippen LogP contribution in [0.3, 0.4) is 0 Å². The summed E-state index contributed by atoms with van der Waals surface area (Å²) in [6.07, 6.45) is 2.77. The summed E-state index contributed by atoms with van der Waals surface area (Å²) in [5.41, 5.74) is 0. The molecule has 7 nitrogen and oxygen atoms in total. The summed E-state index contributed by atoms with van der Waals surface area (Å²) in [6.45, 7) is 0. The molecule has 0 fully saturated rings. The van der Waals surface area contributed by atoms with E-state index in [1.165, 1.54) is 0 Å². The molecule has 0 saturated carbocycles. The first-order valence-corrected chi connectivity index (χ1v) is 6.40. The van der Waals surface area contributed by atoms with Gasteiger partial charge in [-0.15, -0.1) is 0 Å². The second-order valence-corrected chi connectivity index (χ2v) is 4.52. The lowest BCUT2D eigenvalue weighted by atomic mass is 10.3. The minimum atomic E-state index is -1.47. The van der Waals surface area contributed by atoms with Gasteiger partial charge in [0.25, 0.3) is 30.0 Å². The molecular weight excluding hydrogens is 288 g/mol. The normalized spacial score (nSPS) is 17.3. The first-order valence-electron chi connectivity index (χ1n) is 6.40. The van der Waals surface area contributed by atoms with Gasteiger partial charge in [0.2, 0.25) is 0 Å². The van der Waals surface area contributed by atoms with E-state index in [9.17, 15) is 19.2 Å². The summed E-state index contributed by atoms with van der Waals surface area (Å²) >= 11 is 0.